The SMILES string of the molecule is CCCC(C)(C)CNC(=O)c1cccc(NC)c1. The minimum atomic E-state index is -0.00345. The first kappa shape index (κ1) is 14.6. The van der Waals surface area contributed by atoms with Gasteiger partial charge < -0.3 is 10.6 Å². The van der Waals surface area contributed by atoms with Crippen LogP contribution in [-0.2, 0) is 0 Å². The fourth-order valence-electron chi connectivity index (χ4n) is 2.00. The molecule has 1 aromatic rings. The van der Waals surface area contributed by atoms with Crippen molar-refractivity contribution >= 4 is 11.6 Å². The average Bonchev–Trinajstić information content (AvgIpc) is 2.36. The van der Waals surface area contributed by atoms with Crippen LogP contribution in [0.5, 0.6) is 0 Å². The van der Waals surface area contributed by atoms with Crippen molar-refractivity contribution in [3.63, 3.8) is 0 Å². The van der Waals surface area contributed by atoms with E-state index in [2.05, 4.69) is 31.4 Å². The van der Waals surface area contributed by atoms with Crippen LogP contribution < -0.4 is 10.6 Å². The highest BCUT2D eigenvalue weighted by atomic mass is 16.1. The third kappa shape index (κ3) is 4.40. The molecule has 0 aromatic heterocycles. The molecule has 1 aromatic carbocycles. The van der Waals surface area contributed by atoms with Crippen LogP contribution in [0.1, 0.15) is 44.0 Å². The number of carbonyl (C=O) groups is 1. The molecule has 0 heterocycles. The maximum atomic E-state index is 12.0. The van der Waals surface area contributed by atoms with Gasteiger partial charge in [-0.05, 0) is 30.0 Å². The molecule has 100 valence electrons. The van der Waals surface area contributed by atoms with Gasteiger partial charge in [0.15, 0.2) is 0 Å². The predicted octanol–water partition coefficient (Wildman–Crippen LogP) is 3.28. The van der Waals surface area contributed by atoms with Gasteiger partial charge in [-0.15, -0.1) is 0 Å². The molecule has 0 atom stereocenters. The lowest BCUT2D eigenvalue weighted by atomic mass is 9.88. The molecular weight excluding hydrogens is 224 g/mol. The second-order valence-corrected chi connectivity index (χ2v) is 5.43. The third-order valence-corrected chi connectivity index (χ3v) is 3.07. The molecule has 0 radical (unpaired) electrons. The molecule has 0 aliphatic carbocycles. The van der Waals surface area contributed by atoms with E-state index in [9.17, 15) is 4.79 Å². The van der Waals surface area contributed by atoms with E-state index in [0.717, 1.165) is 18.5 Å². The zero-order valence-electron chi connectivity index (χ0n) is 11.8. The van der Waals surface area contributed by atoms with Gasteiger partial charge in [0.2, 0.25) is 0 Å². The summed E-state index contributed by atoms with van der Waals surface area (Å²) in [4.78, 5) is 12.0. The van der Waals surface area contributed by atoms with Gasteiger partial charge in [-0.25, -0.2) is 0 Å². The molecular formula is C15H24N2O. The number of nitrogens with one attached hydrogen (secondary N) is 2. The molecule has 1 amide bonds. The number of hydrogen-bond donors (Lipinski definition) is 2. The lowest BCUT2D eigenvalue weighted by Gasteiger charge is -2.24. The van der Waals surface area contributed by atoms with Crippen LogP contribution >= 0.6 is 0 Å². The summed E-state index contributed by atoms with van der Waals surface area (Å²) < 4.78 is 0. The monoisotopic (exact) mass is 248 g/mol. The van der Waals surface area contributed by atoms with Gasteiger partial charge in [-0.2, -0.15) is 0 Å². The van der Waals surface area contributed by atoms with Gasteiger partial charge in [0.25, 0.3) is 5.91 Å². The maximum Gasteiger partial charge on any atom is 0.251 e. The van der Waals surface area contributed by atoms with Crippen LogP contribution in [0.4, 0.5) is 5.69 Å². The summed E-state index contributed by atoms with van der Waals surface area (Å²) >= 11 is 0. The van der Waals surface area contributed by atoms with E-state index in [4.69, 9.17) is 0 Å². The Bertz CT molecular complexity index is 399. The summed E-state index contributed by atoms with van der Waals surface area (Å²) in [5.74, 6) is -0.00345. The summed E-state index contributed by atoms with van der Waals surface area (Å²) in [7, 11) is 1.85. The zero-order valence-corrected chi connectivity index (χ0v) is 11.8. The predicted molar refractivity (Wildman–Crippen MR) is 77.0 cm³/mol. The van der Waals surface area contributed by atoms with E-state index < -0.39 is 0 Å². The first-order valence-electron chi connectivity index (χ1n) is 6.54. The van der Waals surface area contributed by atoms with Gasteiger partial charge in [0, 0.05) is 24.8 Å². The quantitative estimate of drug-likeness (QED) is 0.811. The van der Waals surface area contributed by atoms with E-state index >= 15 is 0 Å². The van der Waals surface area contributed by atoms with E-state index in [1.165, 1.54) is 0 Å². The smallest absolute Gasteiger partial charge is 0.251 e. The van der Waals surface area contributed by atoms with E-state index in [1.54, 1.807) is 0 Å². The first-order chi connectivity index (χ1) is 8.48. The van der Waals surface area contributed by atoms with Gasteiger partial charge in [0.1, 0.15) is 0 Å². The van der Waals surface area contributed by atoms with Crippen molar-refractivity contribution in [2.24, 2.45) is 5.41 Å². The van der Waals surface area contributed by atoms with Crippen molar-refractivity contribution in [2.75, 3.05) is 18.9 Å². The molecule has 1 rings (SSSR count). The van der Waals surface area contributed by atoms with Crippen LogP contribution in [0, 0.1) is 5.41 Å². The molecule has 2 N–H and O–H groups in total. The Labute approximate surface area is 110 Å². The number of rotatable bonds is 6. The van der Waals surface area contributed by atoms with Crippen molar-refractivity contribution in [2.45, 2.75) is 33.6 Å². The lowest BCUT2D eigenvalue weighted by molar-refractivity contribution is 0.0934. The summed E-state index contributed by atoms with van der Waals surface area (Å²) in [5, 5.41) is 6.04. The number of benzene rings is 1. The van der Waals surface area contributed by atoms with Gasteiger partial charge in [-0.1, -0.05) is 33.3 Å². The lowest BCUT2D eigenvalue weighted by Crippen LogP contribution is -2.33. The Hall–Kier alpha value is -1.51. The number of hydrogen-bond acceptors (Lipinski definition) is 2. The molecule has 3 heteroatoms. The number of carbonyl (C=O) groups excluding carboxylic acids is 1. The van der Waals surface area contributed by atoms with E-state index in [0.29, 0.717) is 12.1 Å². The molecule has 0 spiro atoms. The Morgan fingerprint density at radius 1 is 1.33 bits per heavy atom. The number of anilines is 1. The Kier molecular flexibility index (Phi) is 5.20. The van der Waals surface area contributed by atoms with Crippen molar-refractivity contribution in [1.29, 1.82) is 0 Å². The maximum absolute atomic E-state index is 12.0. The van der Waals surface area contributed by atoms with Crippen LogP contribution in [0.15, 0.2) is 24.3 Å². The standard InChI is InChI=1S/C15H24N2O/c1-5-9-15(2,3)11-17-14(18)12-7-6-8-13(10-12)16-4/h6-8,10,16H,5,9,11H2,1-4H3,(H,17,18). The summed E-state index contributed by atoms with van der Waals surface area (Å²) in [6, 6.07) is 7.53. The van der Waals surface area contributed by atoms with Crippen LogP contribution in [-0.4, -0.2) is 19.5 Å². The summed E-state index contributed by atoms with van der Waals surface area (Å²) in [6.07, 6.45) is 2.25. The van der Waals surface area contributed by atoms with E-state index in [1.807, 2.05) is 31.3 Å². The van der Waals surface area contributed by atoms with Crippen LogP contribution in [0.25, 0.3) is 0 Å². The molecule has 0 aliphatic heterocycles. The largest absolute Gasteiger partial charge is 0.388 e. The van der Waals surface area contributed by atoms with Gasteiger partial charge in [-0.3, -0.25) is 4.79 Å². The molecule has 0 saturated heterocycles. The second-order valence-electron chi connectivity index (χ2n) is 5.43. The molecule has 18 heavy (non-hydrogen) atoms. The fourth-order valence-corrected chi connectivity index (χ4v) is 2.00. The molecule has 0 aliphatic rings. The minimum Gasteiger partial charge on any atom is -0.388 e. The molecule has 0 saturated carbocycles. The first-order valence-corrected chi connectivity index (χ1v) is 6.54. The van der Waals surface area contributed by atoms with Crippen molar-refractivity contribution in [3.05, 3.63) is 29.8 Å². The second kappa shape index (κ2) is 6.43. The molecule has 0 bridgehead atoms. The molecule has 0 fully saturated rings. The van der Waals surface area contributed by atoms with Crippen LogP contribution in [0.2, 0.25) is 0 Å². The Morgan fingerprint density at radius 3 is 2.67 bits per heavy atom. The van der Waals surface area contributed by atoms with E-state index in [-0.39, 0.29) is 11.3 Å². The van der Waals surface area contributed by atoms with Crippen molar-refractivity contribution in [3.8, 4) is 0 Å². The molecule has 3 nitrogen and oxygen atoms in total. The fraction of sp³-hybridized carbons (Fsp3) is 0.533. The highest BCUT2D eigenvalue weighted by molar-refractivity contribution is 5.95. The van der Waals surface area contributed by atoms with Gasteiger partial charge in [0.05, 0.1) is 0 Å². The van der Waals surface area contributed by atoms with Crippen molar-refractivity contribution in [1.82, 2.24) is 5.32 Å². The van der Waals surface area contributed by atoms with Crippen molar-refractivity contribution < 1.29 is 4.79 Å². The summed E-state index contributed by atoms with van der Waals surface area (Å²) in [6.45, 7) is 7.24. The Balaban J connectivity index is 2.60. The topological polar surface area (TPSA) is 41.1 Å². The normalized spacial score (nSPS) is 11.1. The highest BCUT2D eigenvalue weighted by Gasteiger charge is 2.18. The third-order valence-electron chi connectivity index (χ3n) is 3.07. The van der Waals surface area contributed by atoms with Crippen LogP contribution in [0.3, 0.4) is 0 Å². The average molecular weight is 248 g/mol. The summed E-state index contributed by atoms with van der Waals surface area (Å²) in [5.41, 5.74) is 1.81. The highest BCUT2D eigenvalue weighted by Crippen LogP contribution is 2.21. The Morgan fingerprint density at radius 2 is 2.06 bits per heavy atom. The zero-order chi connectivity index (χ0) is 13.6. The number of amides is 1. The molecule has 0 unspecified atom stereocenters. The minimum absolute atomic E-state index is 0.00345. The van der Waals surface area contributed by atoms with Gasteiger partial charge >= 0.3 is 0 Å².